The van der Waals surface area contributed by atoms with Crippen LogP contribution in [0.3, 0.4) is 0 Å². The number of rotatable bonds is 5. The minimum Gasteiger partial charge on any atom is -0.492 e. The van der Waals surface area contributed by atoms with Gasteiger partial charge in [-0.25, -0.2) is 4.79 Å². The van der Waals surface area contributed by atoms with E-state index in [1.807, 2.05) is 49.4 Å². The van der Waals surface area contributed by atoms with Crippen molar-refractivity contribution in [2.45, 2.75) is 6.92 Å². The fraction of sp³-hybridized carbons (Fsp3) is 0.235. The Morgan fingerprint density at radius 2 is 1.67 bits per heavy atom. The van der Waals surface area contributed by atoms with Crippen molar-refractivity contribution in [3.8, 4) is 11.5 Å². The van der Waals surface area contributed by atoms with Crippen LogP contribution in [-0.2, 0) is 0 Å². The average Bonchev–Trinajstić information content (AvgIpc) is 2.50. The fourth-order valence-corrected chi connectivity index (χ4v) is 1.69. The van der Waals surface area contributed by atoms with Crippen LogP contribution in [0.25, 0.3) is 0 Å². The van der Waals surface area contributed by atoms with Gasteiger partial charge in [-0.15, -0.1) is 0 Å². The monoisotopic (exact) mass is 285 g/mol. The third-order valence-electron chi connectivity index (χ3n) is 2.98. The van der Waals surface area contributed by atoms with E-state index in [4.69, 9.17) is 9.47 Å². The summed E-state index contributed by atoms with van der Waals surface area (Å²) in [7, 11) is 1.68. The summed E-state index contributed by atoms with van der Waals surface area (Å²) in [5.74, 6) is 1.33. The third kappa shape index (κ3) is 4.84. The molecular formula is C17H19NO3. The first-order valence-electron chi connectivity index (χ1n) is 6.82. The number of hydrogen-bond acceptors (Lipinski definition) is 3. The zero-order chi connectivity index (χ0) is 15.1. The first-order chi connectivity index (χ1) is 10.1. The summed E-state index contributed by atoms with van der Waals surface area (Å²) in [6.07, 6.45) is -0.395. The summed E-state index contributed by atoms with van der Waals surface area (Å²) < 4.78 is 10.8. The zero-order valence-electron chi connectivity index (χ0n) is 12.3. The summed E-state index contributed by atoms with van der Waals surface area (Å²) >= 11 is 0. The molecule has 21 heavy (non-hydrogen) atoms. The standard InChI is InChI=1S/C17H19NO3/c1-14-8-10-15(11-9-14)20-13-12-18(2)17(19)21-16-6-4-3-5-7-16/h3-11H,12-13H2,1-2H3. The number of aryl methyl sites for hydroxylation is 1. The molecule has 2 aromatic rings. The van der Waals surface area contributed by atoms with E-state index in [1.165, 1.54) is 10.5 Å². The Kier molecular flexibility index (Phi) is 5.21. The second kappa shape index (κ2) is 7.33. The number of para-hydroxylation sites is 1. The van der Waals surface area contributed by atoms with Crippen molar-refractivity contribution in [2.75, 3.05) is 20.2 Å². The number of hydrogen-bond donors (Lipinski definition) is 0. The molecule has 0 aliphatic rings. The molecule has 0 heterocycles. The summed E-state index contributed by atoms with van der Waals surface area (Å²) in [6.45, 7) is 2.90. The van der Waals surface area contributed by atoms with Crippen LogP contribution in [0.4, 0.5) is 4.79 Å². The molecule has 0 N–H and O–H groups in total. The quantitative estimate of drug-likeness (QED) is 0.844. The maximum absolute atomic E-state index is 11.8. The van der Waals surface area contributed by atoms with Gasteiger partial charge in [-0.3, -0.25) is 0 Å². The normalized spacial score (nSPS) is 10.0. The number of nitrogens with zero attached hydrogens (tertiary/aromatic N) is 1. The van der Waals surface area contributed by atoms with E-state index in [1.54, 1.807) is 19.2 Å². The van der Waals surface area contributed by atoms with Crippen LogP contribution >= 0.6 is 0 Å². The van der Waals surface area contributed by atoms with Gasteiger partial charge in [0.25, 0.3) is 0 Å². The lowest BCUT2D eigenvalue weighted by atomic mass is 10.2. The number of likely N-dealkylation sites (N-methyl/N-ethyl adjacent to an activating group) is 1. The molecule has 0 saturated carbocycles. The largest absolute Gasteiger partial charge is 0.492 e. The Labute approximate surface area is 124 Å². The smallest absolute Gasteiger partial charge is 0.415 e. The molecule has 4 heteroatoms. The maximum Gasteiger partial charge on any atom is 0.415 e. The second-order valence-corrected chi connectivity index (χ2v) is 4.76. The van der Waals surface area contributed by atoms with Crippen LogP contribution in [0, 0.1) is 6.92 Å². The van der Waals surface area contributed by atoms with Gasteiger partial charge in [0.1, 0.15) is 18.1 Å². The Morgan fingerprint density at radius 1 is 1.00 bits per heavy atom. The average molecular weight is 285 g/mol. The summed E-state index contributed by atoms with van der Waals surface area (Å²) in [4.78, 5) is 13.3. The Balaban J connectivity index is 1.75. The van der Waals surface area contributed by atoms with Crippen molar-refractivity contribution in [1.29, 1.82) is 0 Å². The predicted molar refractivity (Wildman–Crippen MR) is 81.8 cm³/mol. The number of ether oxygens (including phenoxy) is 2. The van der Waals surface area contributed by atoms with Crippen molar-refractivity contribution in [3.05, 3.63) is 60.2 Å². The molecule has 0 radical (unpaired) electrons. The number of carbonyl (C=O) groups excluding carboxylic acids is 1. The van der Waals surface area contributed by atoms with Gasteiger partial charge in [-0.2, -0.15) is 0 Å². The highest BCUT2D eigenvalue weighted by molar-refractivity contribution is 5.70. The molecule has 1 amide bonds. The summed E-state index contributed by atoms with van der Waals surface area (Å²) in [5.41, 5.74) is 1.19. The van der Waals surface area contributed by atoms with Gasteiger partial charge in [0.05, 0.1) is 6.54 Å². The second-order valence-electron chi connectivity index (χ2n) is 4.76. The van der Waals surface area contributed by atoms with Crippen LogP contribution in [0.15, 0.2) is 54.6 Å². The number of benzene rings is 2. The number of amides is 1. The van der Waals surface area contributed by atoms with Crippen molar-refractivity contribution in [2.24, 2.45) is 0 Å². The minimum atomic E-state index is -0.395. The molecule has 2 rings (SSSR count). The Hall–Kier alpha value is -2.49. The lowest BCUT2D eigenvalue weighted by molar-refractivity contribution is 0.153. The van der Waals surface area contributed by atoms with E-state index < -0.39 is 6.09 Å². The number of carbonyl (C=O) groups is 1. The molecule has 0 saturated heterocycles. The SMILES string of the molecule is Cc1ccc(OCCN(C)C(=O)Oc2ccccc2)cc1. The first kappa shape index (κ1) is 14.9. The molecule has 0 spiro atoms. The highest BCUT2D eigenvalue weighted by atomic mass is 16.6. The molecule has 0 aromatic heterocycles. The Bertz CT molecular complexity index is 566. The molecule has 2 aromatic carbocycles. The molecule has 110 valence electrons. The van der Waals surface area contributed by atoms with Crippen LogP contribution in [0.5, 0.6) is 11.5 Å². The first-order valence-corrected chi connectivity index (χ1v) is 6.82. The van der Waals surface area contributed by atoms with E-state index in [2.05, 4.69) is 0 Å². The van der Waals surface area contributed by atoms with E-state index in [0.717, 1.165) is 5.75 Å². The van der Waals surface area contributed by atoms with Gasteiger partial charge in [0.2, 0.25) is 0 Å². The van der Waals surface area contributed by atoms with E-state index in [0.29, 0.717) is 18.9 Å². The van der Waals surface area contributed by atoms with Crippen LogP contribution in [0.1, 0.15) is 5.56 Å². The topological polar surface area (TPSA) is 38.8 Å². The van der Waals surface area contributed by atoms with E-state index in [-0.39, 0.29) is 0 Å². The Morgan fingerprint density at radius 3 is 2.33 bits per heavy atom. The molecule has 0 fully saturated rings. The van der Waals surface area contributed by atoms with Gasteiger partial charge in [0.15, 0.2) is 0 Å². The van der Waals surface area contributed by atoms with Gasteiger partial charge in [-0.05, 0) is 31.2 Å². The highest BCUT2D eigenvalue weighted by Crippen LogP contribution is 2.12. The van der Waals surface area contributed by atoms with Crippen LogP contribution < -0.4 is 9.47 Å². The van der Waals surface area contributed by atoms with Gasteiger partial charge in [-0.1, -0.05) is 35.9 Å². The van der Waals surface area contributed by atoms with E-state index >= 15 is 0 Å². The molecule has 0 aliphatic heterocycles. The van der Waals surface area contributed by atoms with Crippen molar-refractivity contribution in [1.82, 2.24) is 4.90 Å². The van der Waals surface area contributed by atoms with Gasteiger partial charge in [0, 0.05) is 7.05 Å². The molecule has 0 bridgehead atoms. The molecule has 0 atom stereocenters. The van der Waals surface area contributed by atoms with Crippen LogP contribution in [-0.4, -0.2) is 31.2 Å². The molecule has 0 unspecified atom stereocenters. The minimum absolute atomic E-state index is 0.395. The van der Waals surface area contributed by atoms with Crippen LogP contribution in [0.2, 0.25) is 0 Å². The summed E-state index contributed by atoms with van der Waals surface area (Å²) in [6, 6.07) is 16.8. The van der Waals surface area contributed by atoms with Crippen molar-refractivity contribution < 1.29 is 14.3 Å². The molecule has 4 nitrogen and oxygen atoms in total. The zero-order valence-corrected chi connectivity index (χ0v) is 12.3. The predicted octanol–water partition coefficient (Wildman–Crippen LogP) is 3.50. The maximum atomic E-state index is 11.8. The lowest BCUT2D eigenvalue weighted by Gasteiger charge is -2.17. The highest BCUT2D eigenvalue weighted by Gasteiger charge is 2.10. The molecular weight excluding hydrogens is 266 g/mol. The van der Waals surface area contributed by atoms with Gasteiger partial charge < -0.3 is 14.4 Å². The van der Waals surface area contributed by atoms with E-state index in [9.17, 15) is 4.79 Å². The fourth-order valence-electron chi connectivity index (χ4n) is 1.69. The lowest BCUT2D eigenvalue weighted by Crippen LogP contribution is -2.33. The summed E-state index contributed by atoms with van der Waals surface area (Å²) in [5, 5.41) is 0. The third-order valence-corrected chi connectivity index (χ3v) is 2.98. The molecule has 0 aliphatic carbocycles. The van der Waals surface area contributed by atoms with Crippen molar-refractivity contribution >= 4 is 6.09 Å². The van der Waals surface area contributed by atoms with Crippen molar-refractivity contribution in [3.63, 3.8) is 0 Å². The van der Waals surface area contributed by atoms with Gasteiger partial charge >= 0.3 is 6.09 Å².